The van der Waals surface area contributed by atoms with Crippen LogP contribution in [0.4, 0.5) is 0 Å². The third kappa shape index (κ3) is 2.96. The summed E-state index contributed by atoms with van der Waals surface area (Å²) >= 11 is 0. The molecule has 0 radical (unpaired) electrons. The van der Waals surface area contributed by atoms with E-state index in [1.54, 1.807) is 0 Å². The van der Waals surface area contributed by atoms with Crippen LogP contribution in [0.25, 0.3) is 0 Å². The van der Waals surface area contributed by atoms with Crippen LogP contribution in [0, 0.1) is 17.8 Å². The Kier molecular flexibility index (Phi) is 4.11. The highest BCUT2D eigenvalue weighted by Crippen LogP contribution is 2.37. The fraction of sp³-hybridized carbons (Fsp3) is 0.938. The third-order valence-electron chi connectivity index (χ3n) is 5.67. The van der Waals surface area contributed by atoms with Gasteiger partial charge in [0.25, 0.3) is 0 Å². The first-order valence-electron chi connectivity index (χ1n) is 8.28. The number of hydrogen-bond acceptors (Lipinski definition) is 2. The molecule has 3 rings (SSSR count). The van der Waals surface area contributed by atoms with E-state index in [9.17, 15) is 4.79 Å². The normalized spacial score (nSPS) is 39.7. The quantitative estimate of drug-likeness (QED) is 0.791. The van der Waals surface area contributed by atoms with Crippen LogP contribution >= 0.6 is 0 Å². The Morgan fingerprint density at radius 2 is 1.74 bits per heavy atom. The summed E-state index contributed by atoms with van der Waals surface area (Å²) in [6.07, 6.45) is 11.0. The highest BCUT2D eigenvalue weighted by atomic mass is 16.2. The summed E-state index contributed by atoms with van der Waals surface area (Å²) in [5.41, 5.74) is 6.03. The number of carbonyl (C=O) groups excluding carboxylic acids is 1. The van der Waals surface area contributed by atoms with E-state index in [1.807, 2.05) is 0 Å². The summed E-state index contributed by atoms with van der Waals surface area (Å²) in [7, 11) is 0. The summed E-state index contributed by atoms with van der Waals surface area (Å²) in [6, 6.07) is 0.259. The minimum Gasteiger partial charge on any atom is -0.342 e. The van der Waals surface area contributed by atoms with Gasteiger partial charge in [-0.3, -0.25) is 4.79 Å². The average Bonchev–Trinajstić information content (AvgIpc) is 2.46. The van der Waals surface area contributed by atoms with Gasteiger partial charge in [-0.15, -0.1) is 0 Å². The molecule has 3 aliphatic rings. The molecule has 108 valence electrons. The molecule has 2 N–H and O–H groups in total. The minimum absolute atomic E-state index is 0.226. The van der Waals surface area contributed by atoms with Crippen LogP contribution in [-0.2, 0) is 4.79 Å². The molecule has 3 nitrogen and oxygen atoms in total. The number of nitrogens with zero attached hydrogens (tertiary/aromatic N) is 1. The fourth-order valence-electron chi connectivity index (χ4n) is 4.51. The number of nitrogens with two attached hydrogens (primary N) is 1. The van der Waals surface area contributed by atoms with Crippen LogP contribution in [-0.4, -0.2) is 29.9 Å². The molecule has 0 aromatic carbocycles. The van der Waals surface area contributed by atoms with Crippen LogP contribution in [0.3, 0.4) is 0 Å². The van der Waals surface area contributed by atoms with Gasteiger partial charge >= 0.3 is 0 Å². The van der Waals surface area contributed by atoms with Crippen molar-refractivity contribution >= 4 is 5.91 Å². The predicted molar refractivity (Wildman–Crippen MR) is 76.6 cm³/mol. The zero-order chi connectivity index (χ0) is 13.2. The van der Waals surface area contributed by atoms with Gasteiger partial charge in [0.15, 0.2) is 0 Å². The molecule has 4 unspecified atom stereocenters. The Morgan fingerprint density at radius 1 is 0.947 bits per heavy atom. The molecule has 2 aliphatic carbocycles. The zero-order valence-electron chi connectivity index (χ0n) is 12.0. The van der Waals surface area contributed by atoms with Crippen LogP contribution in [0.15, 0.2) is 0 Å². The predicted octanol–water partition coefficient (Wildman–Crippen LogP) is 2.54. The Balaban J connectivity index is 1.58. The van der Waals surface area contributed by atoms with Crippen molar-refractivity contribution in [2.45, 2.75) is 63.8 Å². The van der Waals surface area contributed by atoms with Gasteiger partial charge in [0, 0.05) is 25.0 Å². The third-order valence-corrected chi connectivity index (χ3v) is 5.67. The van der Waals surface area contributed by atoms with Crippen molar-refractivity contribution in [3.8, 4) is 0 Å². The summed E-state index contributed by atoms with van der Waals surface area (Å²) in [6.45, 7) is 2.04. The van der Waals surface area contributed by atoms with Gasteiger partial charge in [-0.2, -0.15) is 0 Å². The fourth-order valence-corrected chi connectivity index (χ4v) is 4.51. The number of likely N-dealkylation sites (tertiary alicyclic amines) is 1. The lowest BCUT2D eigenvalue weighted by atomic mass is 9.74. The molecule has 0 aromatic rings. The van der Waals surface area contributed by atoms with Crippen LogP contribution in [0.2, 0.25) is 0 Å². The van der Waals surface area contributed by atoms with Gasteiger partial charge in [0.2, 0.25) is 5.91 Å². The Hall–Kier alpha value is -0.570. The maximum atomic E-state index is 12.6. The number of piperidine rings is 1. The second-order valence-corrected chi connectivity index (χ2v) is 7.00. The first-order valence-corrected chi connectivity index (χ1v) is 8.28. The number of hydrogen-bond donors (Lipinski definition) is 1. The molecule has 19 heavy (non-hydrogen) atoms. The molecule has 1 saturated heterocycles. The van der Waals surface area contributed by atoms with Gasteiger partial charge in [-0.05, 0) is 43.9 Å². The van der Waals surface area contributed by atoms with Crippen molar-refractivity contribution < 1.29 is 4.79 Å². The molecular weight excluding hydrogens is 236 g/mol. The van der Waals surface area contributed by atoms with Crippen molar-refractivity contribution in [2.75, 3.05) is 13.1 Å². The van der Waals surface area contributed by atoms with Crippen molar-refractivity contribution in [3.63, 3.8) is 0 Å². The van der Waals surface area contributed by atoms with Crippen LogP contribution in [0.5, 0.6) is 0 Å². The first kappa shape index (κ1) is 13.4. The van der Waals surface area contributed by atoms with Crippen molar-refractivity contribution in [1.29, 1.82) is 0 Å². The number of rotatable bonds is 1. The minimum atomic E-state index is 0.226. The maximum absolute atomic E-state index is 12.6. The first-order chi connectivity index (χ1) is 9.24. The van der Waals surface area contributed by atoms with E-state index in [1.165, 1.54) is 32.1 Å². The molecule has 4 atom stereocenters. The SMILES string of the molecule is NC1CCCC(C(=O)N2CCC3CCCCC3C2)C1. The Labute approximate surface area is 116 Å². The van der Waals surface area contributed by atoms with E-state index < -0.39 is 0 Å². The van der Waals surface area contributed by atoms with Crippen molar-refractivity contribution in [3.05, 3.63) is 0 Å². The molecule has 1 aliphatic heterocycles. The topological polar surface area (TPSA) is 46.3 Å². The number of amides is 1. The summed E-state index contributed by atoms with van der Waals surface area (Å²) < 4.78 is 0. The zero-order valence-corrected chi connectivity index (χ0v) is 12.0. The Bertz CT molecular complexity index is 331. The van der Waals surface area contributed by atoms with E-state index in [0.29, 0.717) is 5.91 Å². The molecule has 3 fully saturated rings. The average molecular weight is 264 g/mol. The molecular formula is C16H28N2O. The molecule has 0 aromatic heterocycles. The highest BCUT2D eigenvalue weighted by molar-refractivity contribution is 5.79. The highest BCUT2D eigenvalue weighted by Gasteiger charge is 2.36. The lowest BCUT2D eigenvalue weighted by Gasteiger charge is -2.43. The molecule has 2 saturated carbocycles. The van der Waals surface area contributed by atoms with Crippen LogP contribution < -0.4 is 5.73 Å². The summed E-state index contributed by atoms with van der Waals surface area (Å²) in [5, 5.41) is 0. The largest absolute Gasteiger partial charge is 0.342 e. The van der Waals surface area contributed by atoms with Crippen molar-refractivity contribution in [1.82, 2.24) is 4.90 Å². The maximum Gasteiger partial charge on any atom is 0.225 e. The van der Waals surface area contributed by atoms with E-state index in [0.717, 1.165) is 50.6 Å². The molecule has 0 bridgehead atoms. The van der Waals surface area contributed by atoms with E-state index in [2.05, 4.69) is 4.90 Å². The van der Waals surface area contributed by atoms with Gasteiger partial charge in [-0.1, -0.05) is 25.7 Å². The Morgan fingerprint density at radius 3 is 2.53 bits per heavy atom. The van der Waals surface area contributed by atoms with E-state index >= 15 is 0 Å². The van der Waals surface area contributed by atoms with E-state index in [-0.39, 0.29) is 12.0 Å². The molecule has 1 amide bonds. The number of fused-ring (bicyclic) bond motifs is 1. The summed E-state index contributed by atoms with van der Waals surface area (Å²) in [4.78, 5) is 14.8. The molecule has 0 spiro atoms. The van der Waals surface area contributed by atoms with Gasteiger partial charge in [-0.25, -0.2) is 0 Å². The van der Waals surface area contributed by atoms with Crippen molar-refractivity contribution in [2.24, 2.45) is 23.5 Å². The van der Waals surface area contributed by atoms with Gasteiger partial charge in [0.1, 0.15) is 0 Å². The second kappa shape index (κ2) is 5.82. The van der Waals surface area contributed by atoms with Gasteiger partial charge in [0.05, 0.1) is 0 Å². The second-order valence-electron chi connectivity index (χ2n) is 7.00. The van der Waals surface area contributed by atoms with E-state index in [4.69, 9.17) is 5.73 Å². The lowest BCUT2D eigenvalue weighted by molar-refractivity contribution is -0.139. The number of carbonyl (C=O) groups is 1. The monoisotopic (exact) mass is 264 g/mol. The standard InChI is InChI=1S/C16H28N2O/c17-15-7-3-6-13(10-15)16(19)18-9-8-12-4-1-2-5-14(12)11-18/h12-15H,1-11,17H2. The molecule has 1 heterocycles. The smallest absolute Gasteiger partial charge is 0.225 e. The van der Waals surface area contributed by atoms with Gasteiger partial charge < -0.3 is 10.6 Å². The lowest BCUT2D eigenvalue weighted by Crippen LogP contribution is -2.48. The summed E-state index contributed by atoms with van der Waals surface area (Å²) in [5.74, 6) is 2.35. The molecule has 3 heteroatoms. The van der Waals surface area contributed by atoms with Crippen LogP contribution in [0.1, 0.15) is 57.8 Å².